The number of carbonyl (C=O) groups excluding carboxylic acids is 2. The van der Waals surface area contributed by atoms with Gasteiger partial charge in [0.25, 0.3) is 0 Å². The van der Waals surface area contributed by atoms with Gasteiger partial charge in [-0.2, -0.15) is 0 Å². The summed E-state index contributed by atoms with van der Waals surface area (Å²) in [6, 6.07) is 3.53. The second-order valence-electron chi connectivity index (χ2n) is 6.08. The highest BCUT2D eigenvalue weighted by Gasteiger charge is 2.41. The minimum atomic E-state index is -0.695. The molecule has 1 aromatic carbocycles. The van der Waals surface area contributed by atoms with E-state index in [-0.39, 0.29) is 18.4 Å². The van der Waals surface area contributed by atoms with Crippen LogP contribution in [0, 0.1) is 5.92 Å². The third-order valence-electron chi connectivity index (χ3n) is 3.99. The van der Waals surface area contributed by atoms with Crippen LogP contribution in [0.15, 0.2) is 28.9 Å². The van der Waals surface area contributed by atoms with Crippen molar-refractivity contribution in [2.75, 3.05) is 14.2 Å². The highest BCUT2D eigenvalue weighted by Crippen LogP contribution is 2.43. The Hall–Kier alpha value is -2.02. The molecule has 6 nitrogen and oxygen atoms in total. The molecule has 2 atom stereocenters. The number of hydrogen-bond donors (Lipinski definition) is 1. The molecule has 1 aliphatic rings. The molecular formula is C18H22BrNO5. The number of ether oxygens (including phenoxy) is 3. The van der Waals surface area contributed by atoms with E-state index in [0.717, 1.165) is 4.47 Å². The van der Waals surface area contributed by atoms with Crippen LogP contribution in [0.2, 0.25) is 0 Å². The fraction of sp³-hybridized carbons (Fsp3) is 0.444. The van der Waals surface area contributed by atoms with E-state index in [1.807, 2.05) is 0 Å². The third-order valence-corrected chi connectivity index (χ3v) is 4.61. The van der Waals surface area contributed by atoms with Gasteiger partial charge in [0.05, 0.1) is 24.8 Å². The monoisotopic (exact) mass is 411 g/mol. The highest BCUT2D eigenvalue weighted by atomic mass is 79.9. The Balaban J connectivity index is 2.53. The van der Waals surface area contributed by atoms with Crippen LogP contribution in [-0.2, 0) is 14.3 Å². The van der Waals surface area contributed by atoms with Crippen molar-refractivity contribution in [3.63, 3.8) is 0 Å². The first kappa shape index (κ1) is 19.3. The molecule has 1 N–H and O–H groups in total. The largest absolute Gasteiger partial charge is 0.496 e. The van der Waals surface area contributed by atoms with Gasteiger partial charge in [-0.15, -0.1) is 0 Å². The van der Waals surface area contributed by atoms with Gasteiger partial charge in [0.2, 0.25) is 5.91 Å². The molecule has 136 valence electrons. The van der Waals surface area contributed by atoms with Gasteiger partial charge in [-0.1, -0.05) is 6.58 Å². The average molecular weight is 412 g/mol. The average Bonchev–Trinajstić information content (AvgIpc) is 2.52. The fourth-order valence-electron chi connectivity index (χ4n) is 2.94. The normalized spacial score (nSPS) is 20.2. The van der Waals surface area contributed by atoms with E-state index in [2.05, 4.69) is 27.8 Å². The number of amides is 1. The van der Waals surface area contributed by atoms with Crippen molar-refractivity contribution in [3.8, 4) is 11.5 Å². The predicted octanol–water partition coefficient (Wildman–Crippen LogP) is 3.15. The van der Waals surface area contributed by atoms with E-state index in [1.165, 1.54) is 7.11 Å². The number of methoxy groups -OCH3 is 2. The van der Waals surface area contributed by atoms with E-state index in [1.54, 1.807) is 33.1 Å². The number of rotatable bonds is 5. The van der Waals surface area contributed by atoms with Gasteiger partial charge in [0.15, 0.2) is 0 Å². The van der Waals surface area contributed by atoms with E-state index in [9.17, 15) is 9.59 Å². The molecule has 0 bridgehead atoms. The molecule has 1 fully saturated rings. The standard InChI is InChI=1S/C18H22BrNO5/c1-9(2)25-18(22)17-10(3)20-16(21)7-12(17)11-6-15(24-5)13(19)8-14(11)23-4/h6,8-9,12,17H,3,7H2,1-2,4-5H3,(H,20,21). The number of halogens is 1. The summed E-state index contributed by atoms with van der Waals surface area (Å²) in [7, 11) is 3.09. The molecule has 0 saturated carbocycles. The van der Waals surface area contributed by atoms with Crippen LogP contribution in [0.3, 0.4) is 0 Å². The smallest absolute Gasteiger partial charge is 0.315 e. The molecule has 0 radical (unpaired) electrons. The van der Waals surface area contributed by atoms with Gasteiger partial charge in [0.1, 0.15) is 17.4 Å². The van der Waals surface area contributed by atoms with Gasteiger partial charge in [-0.05, 0) is 41.9 Å². The summed E-state index contributed by atoms with van der Waals surface area (Å²) >= 11 is 3.41. The third kappa shape index (κ3) is 4.15. The Bertz CT molecular complexity index is 701. The summed E-state index contributed by atoms with van der Waals surface area (Å²) in [5.74, 6) is -0.628. The first-order valence-corrected chi connectivity index (χ1v) is 8.68. The molecule has 2 unspecified atom stereocenters. The SMILES string of the molecule is C=C1NC(=O)CC(c2cc(OC)c(Br)cc2OC)C1C(=O)OC(C)C. The molecule has 0 spiro atoms. The Labute approximate surface area is 155 Å². The van der Waals surface area contributed by atoms with Gasteiger partial charge in [-0.25, -0.2) is 0 Å². The highest BCUT2D eigenvalue weighted by molar-refractivity contribution is 9.10. The van der Waals surface area contributed by atoms with Crippen molar-refractivity contribution in [3.05, 3.63) is 34.4 Å². The minimum absolute atomic E-state index is 0.123. The van der Waals surface area contributed by atoms with Crippen LogP contribution in [0.4, 0.5) is 0 Å². The Morgan fingerprint density at radius 2 is 1.92 bits per heavy atom. The van der Waals surface area contributed by atoms with Gasteiger partial charge >= 0.3 is 5.97 Å². The van der Waals surface area contributed by atoms with Crippen LogP contribution in [0.1, 0.15) is 31.7 Å². The van der Waals surface area contributed by atoms with E-state index >= 15 is 0 Å². The number of piperidine rings is 1. The summed E-state index contributed by atoms with van der Waals surface area (Å²) in [6.45, 7) is 7.41. The topological polar surface area (TPSA) is 73.9 Å². The Kier molecular flexibility index (Phi) is 6.11. The first-order chi connectivity index (χ1) is 11.8. The molecular weight excluding hydrogens is 390 g/mol. The molecule has 2 rings (SSSR count). The summed E-state index contributed by atoms with van der Waals surface area (Å²) < 4.78 is 16.9. The summed E-state index contributed by atoms with van der Waals surface area (Å²) in [5.41, 5.74) is 1.03. The van der Waals surface area contributed by atoms with Crippen molar-refractivity contribution in [2.45, 2.75) is 32.3 Å². The van der Waals surface area contributed by atoms with Crippen LogP contribution in [-0.4, -0.2) is 32.2 Å². The van der Waals surface area contributed by atoms with E-state index < -0.39 is 17.8 Å². The molecule has 1 amide bonds. The zero-order valence-electron chi connectivity index (χ0n) is 14.7. The molecule has 1 heterocycles. The second-order valence-corrected chi connectivity index (χ2v) is 6.93. The molecule has 25 heavy (non-hydrogen) atoms. The maximum absolute atomic E-state index is 12.6. The Morgan fingerprint density at radius 1 is 1.28 bits per heavy atom. The van der Waals surface area contributed by atoms with E-state index in [4.69, 9.17) is 14.2 Å². The molecule has 1 aliphatic heterocycles. The lowest BCUT2D eigenvalue weighted by Crippen LogP contribution is -2.42. The lowest BCUT2D eigenvalue weighted by Gasteiger charge is -2.33. The van der Waals surface area contributed by atoms with Crippen LogP contribution in [0.25, 0.3) is 0 Å². The fourth-order valence-corrected chi connectivity index (χ4v) is 3.43. The van der Waals surface area contributed by atoms with E-state index in [0.29, 0.717) is 22.8 Å². The molecule has 1 saturated heterocycles. The number of hydrogen-bond acceptors (Lipinski definition) is 5. The van der Waals surface area contributed by atoms with Crippen molar-refractivity contribution in [1.29, 1.82) is 0 Å². The quantitative estimate of drug-likeness (QED) is 0.753. The summed E-state index contributed by atoms with van der Waals surface area (Å²) in [6.07, 6.45) is -0.141. The minimum Gasteiger partial charge on any atom is -0.496 e. The van der Waals surface area contributed by atoms with Crippen LogP contribution < -0.4 is 14.8 Å². The van der Waals surface area contributed by atoms with Gasteiger partial charge in [0, 0.05) is 23.6 Å². The Morgan fingerprint density at radius 3 is 2.48 bits per heavy atom. The zero-order valence-corrected chi connectivity index (χ0v) is 16.3. The van der Waals surface area contributed by atoms with Crippen molar-refractivity contribution >= 4 is 27.8 Å². The maximum Gasteiger partial charge on any atom is 0.315 e. The molecule has 7 heteroatoms. The molecule has 0 aromatic heterocycles. The lowest BCUT2D eigenvalue weighted by atomic mass is 9.78. The lowest BCUT2D eigenvalue weighted by molar-refractivity contribution is -0.152. The number of nitrogens with one attached hydrogen (secondary N) is 1. The van der Waals surface area contributed by atoms with Gasteiger partial charge < -0.3 is 19.5 Å². The molecule has 1 aromatic rings. The predicted molar refractivity (Wildman–Crippen MR) is 96.6 cm³/mol. The summed E-state index contributed by atoms with van der Waals surface area (Å²) in [5, 5.41) is 2.65. The van der Waals surface area contributed by atoms with Crippen molar-refractivity contribution < 1.29 is 23.8 Å². The van der Waals surface area contributed by atoms with Gasteiger partial charge in [-0.3, -0.25) is 9.59 Å². The van der Waals surface area contributed by atoms with Crippen LogP contribution in [0.5, 0.6) is 11.5 Å². The number of benzene rings is 1. The number of carbonyl (C=O) groups is 2. The van der Waals surface area contributed by atoms with Crippen LogP contribution >= 0.6 is 15.9 Å². The second kappa shape index (κ2) is 7.91. The first-order valence-electron chi connectivity index (χ1n) is 7.89. The number of esters is 1. The van der Waals surface area contributed by atoms with Crippen molar-refractivity contribution in [1.82, 2.24) is 5.32 Å². The molecule has 0 aliphatic carbocycles. The zero-order chi connectivity index (χ0) is 18.7. The summed E-state index contributed by atoms with van der Waals surface area (Å²) in [4.78, 5) is 24.7. The van der Waals surface area contributed by atoms with Crippen molar-refractivity contribution in [2.24, 2.45) is 5.92 Å². The maximum atomic E-state index is 12.6.